The predicted molar refractivity (Wildman–Crippen MR) is 68.0 cm³/mol. The molecule has 1 fully saturated rings. The van der Waals surface area contributed by atoms with E-state index in [2.05, 4.69) is 6.92 Å². The molecule has 4 heteroatoms. The van der Waals surface area contributed by atoms with Gasteiger partial charge in [0.1, 0.15) is 9.84 Å². The minimum Gasteiger partial charge on any atom is -0.327 e. The molecule has 0 bridgehead atoms. The monoisotopic (exact) mass is 247 g/mol. The first kappa shape index (κ1) is 14.0. The normalized spacial score (nSPS) is 28.2. The molecule has 1 rings (SSSR count). The molecule has 1 aliphatic rings. The van der Waals surface area contributed by atoms with Gasteiger partial charge in [0.25, 0.3) is 0 Å². The second kappa shape index (κ2) is 6.01. The molecule has 96 valence electrons. The maximum absolute atomic E-state index is 11.3. The van der Waals surface area contributed by atoms with Gasteiger partial charge in [-0.1, -0.05) is 26.7 Å². The predicted octanol–water partition coefficient (Wildman–Crippen LogP) is 1.96. The Hall–Kier alpha value is -0.0900. The van der Waals surface area contributed by atoms with Crippen LogP contribution >= 0.6 is 0 Å². The molecule has 0 radical (unpaired) electrons. The maximum atomic E-state index is 11.3. The van der Waals surface area contributed by atoms with E-state index in [4.69, 9.17) is 5.73 Å². The summed E-state index contributed by atoms with van der Waals surface area (Å²) >= 11 is 0. The van der Waals surface area contributed by atoms with Crippen LogP contribution in [0.15, 0.2) is 0 Å². The fourth-order valence-electron chi connectivity index (χ4n) is 2.71. The Morgan fingerprint density at radius 1 is 1.38 bits per heavy atom. The SMILES string of the molecule is CCS(=O)(=O)CCCC(N)C1CCCC1C. The smallest absolute Gasteiger partial charge is 0.150 e. The molecule has 0 aromatic rings. The molecular weight excluding hydrogens is 222 g/mol. The van der Waals surface area contributed by atoms with Crippen molar-refractivity contribution in [2.45, 2.75) is 52.0 Å². The average Bonchev–Trinajstić information content (AvgIpc) is 2.64. The maximum Gasteiger partial charge on any atom is 0.150 e. The van der Waals surface area contributed by atoms with Gasteiger partial charge >= 0.3 is 0 Å². The average molecular weight is 247 g/mol. The van der Waals surface area contributed by atoms with E-state index in [1.807, 2.05) is 0 Å². The third-order valence-corrected chi connectivity index (χ3v) is 5.70. The van der Waals surface area contributed by atoms with Crippen molar-refractivity contribution in [3.63, 3.8) is 0 Å². The van der Waals surface area contributed by atoms with Gasteiger partial charge in [0.05, 0.1) is 5.75 Å². The molecule has 0 aromatic heterocycles. The fourth-order valence-corrected chi connectivity index (χ4v) is 3.60. The number of rotatable bonds is 6. The van der Waals surface area contributed by atoms with E-state index in [1.165, 1.54) is 19.3 Å². The van der Waals surface area contributed by atoms with Crippen LogP contribution in [0, 0.1) is 11.8 Å². The van der Waals surface area contributed by atoms with Gasteiger partial charge in [-0.05, 0) is 31.1 Å². The summed E-state index contributed by atoms with van der Waals surface area (Å²) in [6.45, 7) is 3.97. The van der Waals surface area contributed by atoms with Crippen LogP contribution in [0.5, 0.6) is 0 Å². The van der Waals surface area contributed by atoms with Crippen molar-refractivity contribution in [3.05, 3.63) is 0 Å². The van der Waals surface area contributed by atoms with Gasteiger partial charge < -0.3 is 5.73 Å². The van der Waals surface area contributed by atoms with Crippen molar-refractivity contribution in [1.82, 2.24) is 0 Å². The molecule has 0 aromatic carbocycles. The zero-order valence-corrected chi connectivity index (χ0v) is 11.3. The molecule has 0 heterocycles. The molecule has 16 heavy (non-hydrogen) atoms. The Labute approximate surface area is 99.7 Å². The number of sulfone groups is 1. The third kappa shape index (κ3) is 4.06. The van der Waals surface area contributed by atoms with E-state index in [1.54, 1.807) is 6.92 Å². The van der Waals surface area contributed by atoms with E-state index in [0.717, 1.165) is 18.8 Å². The third-order valence-electron chi connectivity index (χ3n) is 3.91. The lowest BCUT2D eigenvalue weighted by molar-refractivity contribution is 0.330. The second-order valence-electron chi connectivity index (χ2n) is 5.11. The van der Waals surface area contributed by atoms with E-state index < -0.39 is 9.84 Å². The summed E-state index contributed by atoms with van der Waals surface area (Å²) in [6, 6.07) is 0.199. The van der Waals surface area contributed by atoms with E-state index in [0.29, 0.717) is 11.7 Å². The lowest BCUT2D eigenvalue weighted by Gasteiger charge is -2.23. The summed E-state index contributed by atoms with van der Waals surface area (Å²) in [7, 11) is -2.81. The summed E-state index contributed by atoms with van der Waals surface area (Å²) in [5.74, 6) is 1.89. The minimum atomic E-state index is -2.81. The molecule has 3 unspecified atom stereocenters. The molecule has 0 spiro atoms. The van der Waals surface area contributed by atoms with Crippen LogP contribution in [0.4, 0.5) is 0 Å². The van der Waals surface area contributed by atoms with Gasteiger partial charge in [-0.3, -0.25) is 0 Å². The summed E-state index contributed by atoms with van der Waals surface area (Å²) in [5.41, 5.74) is 6.15. The lowest BCUT2D eigenvalue weighted by atomic mass is 9.88. The Morgan fingerprint density at radius 3 is 2.56 bits per heavy atom. The van der Waals surface area contributed by atoms with Crippen molar-refractivity contribution in [1.29, 1.82) is 0 Å². The Kier molecular flexibility index (Phi) is 5.25. The van der Waals surface area contributed by atoms with E-state index >= 15 is 0 Å². The van der Waals surface area contributed by atoms with Crippen LogP contribution in [-0.4, -0.2) is 26.0 Å². The van der Waals surface area contributed by atoms with E-state index in [9.17, 15) is 8.42 Å². The minimum absolute atomic E-state index is 0.199. The highest BCUT2D eigenvalue weighted by atomic mass is 32.2. The lowest BCUT2D eigenvalue weighted by Crippen LogP contribution is -2.32. The largest absolute Gasteiger partial charge is 0.327 e. The van der Waals surface area contributed by atoms with Crippen molar-refractivity contribution in [2.24, 2.45) is 17.6 Å². The van der Waals surface area contributed by atoms with Gasteiger partial charge in [-0.25, -0.2) is 8.42 Å². The fraction of sp³-hybridized carbons (Fsp3) is 1.00. The first-order chi connectivity index (χ1) is 7.46. The van der Waals surface area contributed by atoms with Crippen LogP contribution in [0.3, 0.4) is 0 Å². The molecule has 0 saturated heterocycles. The zero-order chi connectivity index (χ0) is 12.2. The van der Waals surface area contributed by atoms with Crippen LogP contribution in [0.25, 0.3) is 0 Å². The Morgan fingerprint density at radius 2 is 2.06 bits per heavy atom. The second-order valence-corrected chi connectivity index (χ2v) is 7.59. The molecule has 1 saturated carbocycles. The van der Waals surface area contributed by atoms with Crippen LogP contribution in [-0.2, 0) is 9.84 Å². The van der Waals surface area contributed by atoms with Gasteiger partial charge in [0.2, 0.25) is 0 Å². The molecule has 1 aliphatic carbocycles. The van der Waals surface area contributed by atoms with Crippen LogP contribution in [0.2, 0.25) is 0 Å². The summed E-state index contributed by atoms with van der Waals surface area (Å²) in [6.07, 6.45) is 5.37. The summed E-state index contributed by atoms with van der Waals surface area (Å²) in [5, 5.41) is 0. The van der Waals surface area contributed by atoms with Crippen LogP contribution in [0.1, 0.15) is 46.0 Å². The highest BCUT2D eigenvalue weighted by molar-refractivity contribution is 7.91. The van der Waals surface area contributed by atoms with Crippen molar-refractivity contribution >= 4 is 9.84 Å². The van der Waals surface area contributed by atoms with Crippen molar-refractivity contribution in [3.8, 4) is 0 Å². The highest BCUT2D eigenvalue weighted by Gasteiger charge is 2.28. The summed E-state index contributed by atoms with van der Waals surface area (Å²) in [4.78, 5) is 0. The van der Waals surface area contributed by atoms with Crippen LogP contribution < -0.4 is 5.73 Å². The van der Waals surface area contributed by atoms with Crippen molar-refractivity contribution in [2.75, 3.05) is 11.5 Å². The standard InChI is InChI=1S/C12H25NO2S/c1-3-16(14,15)9-5-8-12(13)11-7-4-6-10(11)2/h10-12H,3-9,13H2,1-2H3. The molecule has 0 aliphatic heterocycles. The van der Waals surface area contributed by atoms with Gasteiger partial charge in [-0.2, -0.15) is 0 Å². The highest BCUT2D eigenvalue weighted by Crippen LogP contribution is 2.34. The van der Waals surface area contributed by atoms with Crippen molar-refractivity contribution < 1.29 is 8.42 Å². The zero-order valence-electron chi connectivity index (χ0n) is 10.5. The quantitative estimate of drug-likeness (QED) is 0.780. The molecular formula is C12H25NO2S. The molecule has 3 nitrogen and oxygen atoms in total. The number of nitrogens with two attached hydrogens (primary N) is 1. The first-order valence-electron chi connectivity index (χ1n) is 6.42. The Balaban J connectivity index is 2.27. The van der Waals surface area contributed by atoms with Gasteiger partial charge in [-0.15, -0.1) is 0 Å². The summed E-state index contributed by atoms with van der Waals surface area (Å²) < 4.78 is 22.7. The molecule has 2 N–H and O–H groups in total. The molecule has 0 amide bonds. The Bertz CT molecular complexity index is 300. The van der Waals surface area contributed by atoms with Gasteiger partial charge in [0, 0.05) is 11.8 Å². The number of hydrogen-bond donors (Lipinski definition) is 1. The first-order valence-corrected chi connectivity index (χ1v) is 8.24. The topological polar surface area (TPSA) is 60.2 Å². The van der Waals surface area contributed by atoms with Gasteiger partial charge in [0.15, 0.2) is 0 Å². The molecule has 3 atom stereocenters. The van der Waals surface area contributed by atoms with E-state index in [-0.39, 0.29) is 11.8 Å². The number of hydrogen-bond acceptors (Lipinski definition) is 3.